The molecule has 32 heavy (non-hydrogen) atoms. The molecule has 0 aromatic heterocycles. The third kappa shape index (κ3) is 8.22. The van der Waals surface area contributed by atoms with Crippen molar-refractivity contribution in [1.29, 1.82) is 0 Å². The SMILES string of the molecule is COc1cc(C(=O)OCCCCN=C(N)NCCS)cc(OC)c1OCc1ccccc1. The van der Waals surface area contributed by atoms with Crippen LogP contribution in [0.15, 0.2) is 47.5 Å². The molecule has 3 N–H and O–H groups in total. The maximum Gasteiger partial charge on any atom is 0.338 e. The van der Waals surface area contributed by atoms with Gasteiger partial charge in [0.15, 0.2) is 17.5 Å². The third-order valence-electron chi connectivity index (χ3n) is 4.41. The van der Waals surface area contributed by atoms with Crippen LogP contribution in [0.3, 0.4) is 0 Å². The number of rotatable bonds is 13. The molecule has 0 bridgehead atoms. The summed E-state index contributed by atoms with van der Waals surface area (Å²) in [4.78, 5) is 16.7. The number of guanidine groups is 1. The highest BCUT2D eigenvalue weighted by Crippen LogP contribution is 2.39. The van der Waals surface area contributed by atoms with Crippen molar-refractivity contribution in [3.63, 3.8) is 0 Å². The van der Waals surface area contributed by atoms with E-state index in [4.69, 9.17) is 24.7 Å². The molecule has 2 aromatic carbocycles. The van der Waals surface area contributed by atoms with Gasteiger partial charge in [-0.2, -0.15) is 12.6 Å². The van der Waals surface area contributed by atoms with E-state index in [9.17, 15) is 4.79 Å². The number of nitrogens with zero attached hydrogens (tertiary/aromatic N) is 1. The van der Waals surface area contributed by atoms with Gasteiger partial charge >= 0.3 is 5.97 Å². The van der Waals surface area contributed by atoms with Crippen molar-refractivity contribution in [3.8, 4) is 17.2 Å². The summed E-state index contributed by atoms with van der Waals surface area (Å²) in [7, 11) is 3.02. The Bertz CT molecular complexity index is 852. The molecule has 0 aliphatic carbocycles. The molecule has 0 unspecified atom stereocenters. The van der Waals surface area contributed by atoms with Gasteiger partial charge in [0.05, 0.1) is 26.4 Å². The maximum atomic E-state index is 12.5. The Hall–Kier alpha value is -3.07. The largest absolute Gasteiger partial charge is 0.493 e. The van der Waals surface area contributed by atoms with E-state index in [2.05, 4.69) is 22.9 Å². The standard InChI is InChI=1S/C23H31N3O5S/c1-28-19-14-18(22(27)30-12-7-6-10-25-23(24)26-11-13-32)15-20(29-2)21(19)31-16-17-8-4-3-5-9-17/h3-5,8-9,14-15,32H,6-7,10-13,16H2,1-2H3,(H3,24,25,26). The molecule has 0 saturated carbocycles. The topological polar surface area (TPSA) is 104 Å². The second-order valence-electron chi connectivity index (χ2n) is 6.74. The van der Waals surface area contributed by atoms with Gasteiger partial charge in [-0.25, -0.2) is 4.79 Å². The Morgan fingerprint density at radius 3 is 2.41 bits per heavy atom. The number of esters is 1. The Morgan fingerprint density at radius 1 is 1.09 bits per heavy atom. The number of unbranched alkanes of at least 4 members (excludes halogenated alkanes) is 1. The fourth-order valence-corrected chi connectivity index (χ4v) is 2.88. The highest BCUT2D eigenvalue weighted by atomic mass is 32.1. The number of carbonyl (C=O) groups excluding carboxylic acids is 1. The van der Waals surface area contributed by atoms with Crippen molar-refractivity contribution in [1.82, 2.24) is 5.32 Å². The summed E-state index contributed by atoms with van der Waals surface area (Å²) in [6, 6.07) is 12.9. The average molecular weight is 462 g/mol. The van der Waals surface area contributed by atoms with Crippen LogP contribution in [0.5, 0.6) is 17.2 Å². The van der Waals surface area contributed by atoms with Crippen LogP contribution in [0.1, 0.15) is 28.8 Å². The molecule has 2 rings (SSSR count). The summed E-state index contributed by atoms with van der Waals surface area (Å²) in [5.74, 6) is 1.83. The third-order valence-corrected chi connectivity index (χ3v) is 4.63. The number of thiol groups is 1. The molecule has 8 nitrogen and oxygen atoms in total. The molecule has 0 heterocycles. The minimum atomic E-state index is -0.463. The summed E-state index contributed by atoms with van der Waals surface area (Å²) >= 11 is 4.09. The van der Waals surface area contributed by atoms with Gasteiger partial charge in [0.1, 0.15) is 6.61 Å². The van der Waals surface area contributed by atoms with E-state index in [1.54, 1.807) is 12.1 Å². The van der Waals surface area contributed by atoms with E-state index >= 15 is 0 Å². The van der Waals surface area contributed by atoms with E-state index in [1.807, 2.05) is 30.3 Å². The Morgan fingerprint density at radius 2 is 1.78 bits per heavy atom. The van der Waals surface area contributed by atoms with Crippen molar-refractivity contribution in [2.45, 2.75) is 19.4 Å². The first-order chi connectivity index (χ1) is 15.6. The molecule has 174 valence electrons. The van der Waals surface area contributed by atoms with Crippen molar-refractivity contribution in [2.24, 2.45) is 10.7 Å². The summed E-state index contributed by atoms with van der Waals surface area (Å²) in [6.07, 6.45) is 1.41. The van der Waals surface area contributed by atoms with Crippen molar-refractivity contribution < 1.29 is 23.7 Å². The van der Waals surface area contributed by atoms with Gasteiger partial charge in [0.25, 0.3) is 0 Å². The fraction of sp³-hybridized carbons (Fsp3) is 0.391. The quantitative estimate of drug-likeness (QED) is 0.138. The van der Waals surface area contributed by atoms with Crippen LogP contribution in [0, 0.1) is 0 Å². The monoisotopic (exact) mass is 461 g/mol. The summed E-state index contributed by atoms with van der Waals surface area (Å²) in [5, 5.41) is 2.94. The number of methoxy groups -OCH3 is 2. The smallest absolute Gasteiger partial charge is 0.338 e. The van der Waals surface area contributed by atoms with Crippen LogP contribution < -0.4 is 25.3 Å². The molecule has 0 amide bonds. The minimum Gasteiger partial charge on any atom is -0.493 e. The van der Waals surface area contributed by atoms with E-state index < -0.39 is 5.97 Å². The second kappa shape index (κ2) is 14.1. The van der Waals surface area contributed by atoms with E-state index in [1.165, 1.54) is 14.2 Å². The van der Waals surface area contributed by atoms with Crippen LogP contribution >= 0.6 is 12.6 Å². The van der Waals surface area contributed by atoms with Gasteiger partial charge in [-0.05, 0) is 30.5 Å². The summed E-state index contributed by atoms with van der Waals surface area (Å²) < 4.78 is 22.1. The lowest BCUT2D eigenvalue weighted by molar-refractivity contribution is 0.0498. The molecule has 0 aliphatic rings. The van der Waals surface area contributed by atoms with Crippen molar-refractivity contribution in [3.05, 3.63) is 53.6 Å². The molecule has 9 heteroatoms. The molecule has 0 saturated heterocycles. The molecule has 0 radical (unpaired) electrons. The van der Waals surface area contributed by atoms with Gasteiger partial charge in [0, 0.05) is 18.8 Å². The maximum absolute atomic E-state index is 12.5. The molecule has 0 atom stereocenters. The molecule has 2 aromatic rings. The lowest BCUT2D eigenvalue weighted by atomic mass is 10.1. The number of nitrogens with one attached hydrogen (secondary N) is 1. The van der Waals surface area contributed by atoms with E-state index in [0.29, 0.717) is 60.6 Å². The number of aliphatic imine (C=N–C) groups is 1. The molecule has 0 fully saturated rings. The van der Waals surface area contributed by atoms with Gasteiger partial charge in [-0.3, -0.25) is 4.99 Å². The highest BCUT2D eigenvalue weighted by molar-refractivity contribution is 7.80. The fourth-order valence-electron chi connectivity index (χ4n) is 2.77. The van der Waals surface area contributed by atoms with Crippen LogP contribution in [0.2, 0.25) is 0 Å². The lowest BCUT2D eigenvalue weighted by Crippen LogP contribution is -2.33. The Labute approximate surface area is 194 Å². The molecule has 0 spiro atoms. The van der Waals surface area contributed by atoms with Crippen molar-refractivity contribution >= 4 is 24.6 Å². The predicted molar refractivity (Wildman–Crippen MR) is 128 cm³/mol. The lowest BCUT2D eigenvalue weighted by Gasteiger charge is -2.16. The summed E-state index contributed by atoms with van der Waals surface area (Å²) in [5.41, 5.74) is 7.03. The zero-order chi connectivity index (χ0) is 23.2. The first-order valence-electron chi connectivity index (χ1n) is 10.3. The van der Waals surface area contributed by atoms with Crippen molar-refractivity contribution in [2.75, 3.05) is 39.7 Å². The number of benzene rings is 2. The second-order valence-corrected chi connectivity index (χ2v) is 7.19. The Balaban J connectivity index is 1.91. The van der Waals surface area contributed by atoms with Crippen LogP contribution in [0.4, 0.5) is 0 Å². The molecular formula is C23H31N3O5S. The molecular weight excluding hydrogens is 430 g/mol. The number of hydrogen-bond donors (Lipinski definition) is 3. The van der Waals surface area contributed by atoms with Crippen LogP contribution in [-0.2, 0) is 11.3 Å². The van der Waals surface area contributed by atoms with Gasteiger partial charge in [-0.15, -0.1) is 0 Å². The number of nitrogens with two attached hydrogens (primary N) is 1. The highest BCUT2D eigenvalue weighted by Gasteiger charge is 2.18. The Kier molecular flexibility index (Phi) is 11.1. The first kappa shape index (κ1) is 25.2. The van der Waals surface area contributed by atoms with Crippen LogP contribution in [-0.4, -0.2) is 51.6 Å². The van der Waals surface area contributed by atoms with E-state index in [0.717, 1.165) is 12.0 Å². The average Bonchev–Trinajstić information content (AvgIpc) is 2.83. The summed E-state index contributed by atoms with van der Waals surface area (Å²) in [6.45, 7) is 1.83. The number of ether oxygens (including phenoxy) is 4. The normalized spacial score (nSPS) is 11.0. The van der Waals surface area contributed by atoms with Gasteiger partial charge in [0.2, 0.25) is 5.75 Å². The number of hydrogen-bond acceptors (Lipinski definition) is 7. The minimum absolute atomic E-state index is 0.273. The van der Waals surface area contributed by atoms with Gasteiger partial charge in [-0.1, -0.05) is 30.3 Å². The van der Waals surface area contributed by atoms with Gasteiger partial charge < -0.3 is 30.0 Å². The molecule has 0 aliphatic heterocycles. The number of carbonyl (C=O) groups is 1. The predicted octanol–water partition coefficient (Wildman–Crippen LogP) is 3.05. The van der Waals surface area contributed by atoms with E-state index in [-0.39, 0.29) is 6.61 Å². The zero-order valence-corrected chi connectivity index (χ0v) is 19.4. The zero-order valence-electron chi connectivity index (χ0n) is 18.5. The van der Waals surface area contributed by atoms with Crippen LogP contribution in [0.25, 0.3) is 0 Å². The first-order valence-corrected chi connectivity index (χ1v) is 11.0.